The highest BCUT2D eigenvalue weighted by Gasteiger charge is 2.32. The van der Waals surface area contributed by atoms with Crippen LogP contribution in [0, 0.1) is 10.1 Å². The van der Waals surface area contributed by atoms with Gasteiger partial charge in [0.05, 0.1) is 17.0 Å². The minimum Gasteiger partial charge on any atom is -0.445 e. The van der Waals surface area contributed by atoms with Gasteiger partial charge in [0.15, 0.2) is 0 Å². The van der Waals surface area contributed by atoms with Gasteiger partial charge in [-0.05, 0) is 17.7 Å². The maximum Gasteiger partial charge on any atom is 0.416 e. The fourth-order valence-electron chi connectivity index (χ4n) is 2.02. The van der Waals surface area contributed by atoms with Gasteiger partial charge in [-0.1, -0.05) is 30.3 Å². The number of nitrogens with zero attached hydrogens (tertiary/aromatic N) is 1. The lowest BCUT2D eigenvalue weighted by atomic mass is 10.1. The third-order valence-electron chi connectivity index (χ3n) is 3.24. The molecule has 0 unspecified atom stereocenters. The Morgan fingerprint density at radius 3 is 2.44 bits per heavy atom. The summed E-state index contributed by atoms with van der Waals surface area (Å²) in [7, 11) is 0. The quantitative estimate of drug-likeness (QED) is 0.649. The molecule has 0 spiro atoms. The first-order valence-electron chi connectivity index (χ1n) is 7.06. The number of ether oxygens (including phenoxy) is 1. The van der Waals surface area contributed by atoms with E-state index >= 15 is 0 Å². The van der Waals surface area contributed by atoms with Gasteiger partial charge in [-0.3, -0.25) is 10.1 Å². The predicted molar refractivity (Wildman–Crippen MR) is 81.6 cm³/mol. The average Bonchev–Trinajstić information content (AvgIpc) is 2.58. The number of alkyl halides is 3. The molecule has 2 aromatic rings. The molecule has 1 amide bonds. The topological polar surface area (TPSA) is 81.5 Å². The van der Waals surface area contributed by atoms with Crippen molar-refractivity contribution in [1.82, 2.24) is 5.32 Å². The van der Waals surface area contributed by atoms with E-state index < -0.39 is 35.0 Å². The van der Waals surface area contributed by atoms with Gasteiger partial charge in [0.2, 0.25) is 0 Å². The van der Waals surface area contributed by atoms with Crippen LogP contribution in [-0.2, 0) is 24.1 Å². The van der Waals surface area contributed by atoms with Crippen LogP contribution in [0.4, 0.5) is 23.7 Å². The van der Waals surface area contributed by atoms with Crippen molar-refractivity contribution >= 4 is 11.8 Å². The molecule has 0 aromatic heterocycles. The number of halogens is 3. The van der Waals surface area contributed by atoms with E-state index in [4.69, 9.17) is 4.74 Å². The van der Waals surface area contributed by atoms with E-state index in [0.717, 1.165) is 11.6 Å². The van der Waals surface area contributed by atoms with E-state index in [1.807, 2.05) is 0 Å². The van der Waals surface area contributed by atoms with Crippen molar-refractivity contribution in [2.45, 2.75) is 19.3 Å². The lowest BCUT2D eigenvalue weighted by Gasteiger charge is -2.10. The molecule has 0 bridgehead atoms. The molecule has 0 aliphatic carbocycles. The molecule has 25 heavy (non-hydrogen) atoms. The minimum atomic E-state index is -4.64. The molecule has 0 atom stereocenters. The molecule has 0 saturated heterocycles. The zero-order chi connectivity index (χ0) is 18.4. The second-order valence-electron chi connectivity index (χ2n) is 5.01. The third kappa shape index (κ3) is 5.20. The van der Waals surface area contributed by atoms with Gasteiger partial charge < -0.3 is 10.1 Å². The fraction of sp³-hybridized carbons (Fsp3) is 0.188. The Bertz CT molecular complexity index is 764. The van der Waals surface area contributed by atoms with Crippen molar-refractivity contribution in [2.24, 2.45) is 0 Å². The summed E-state index contributed by atoms with van der Waals surface area (Å²) in [6.45, 7) is -0.495. The fourth-order valence-corrected chi connectivity index (χ4v) is 2.02. The third-order valence-corrected chi connectivity index (χ3v) is 3.24. The summed E-state index contributed by atoms with van der Waals surface area (Å²) >= 11 is 0. The number of nitro benzene ring substituents is 1. The Morgan fingerprint density at radius 2 is 1.84 bits per heavy atom. The number of nitro groups is 1. The lowest BCUT2D eigenvalue weighted by Crippen LogP contribution is -2.24. The molecule has 2 aromatic carbocycles. The van der Waals surface area contributed by atoms with Crippen molar-refractivity contribution in [3.63, 3.8) is 0 Å². The molecular formula is C16H13F3N2O4. The molecule has 0 saturated carbocycles. The first-order valence-corrected chi connectivity index (χ1v) is 7.06. The van der Waals surface area contributed by atoms with Crippen molar-refractivity contribution in [3.05, 3.63) is 75.3 Å². The molecule has 0 heterocycles. The van der Waals surface area contributed by atoms with Gasteiger partial charge in [-0.2, -0.15) is 13.2 Å². The Labute approximate surface area is 140 Å². The standard InChI is InChI=1S/C16H13F3N2O4/c17-16(18,19)13-6-7-14(21(23)24)12(8-13)9-20-15(22)25-10-11-4-2-1-3-5-11/h1-8H,9-10H2,(H,20,22). The zero-order valence-electron chi connectivity index (χ0n) is 12.7. The van der Waals surface area contributed by atoms with Crippen LogP contribution in [-0.4, -0.2) is 11.0 Å². The number of hydrogen-bond acceptors (Lipinski definition) is 4. The monoisotopic (exact) mass is 354 g/mol. The smallest absolute Gasteiger partial charge is 0.416 e. The number of nitrogens with one attached hydrogen (secondary N) is 1. The van der Waals surface area contributed by atoms with E-state index in [1.165, 1.54) is 0 Å². The van der Waals surface area contributed by atoms with Crippen molar-refractivity contribution in [3.8, 4) is 0 Å². The zero-order valence-corrected chi connectivity index (χ0v) is 12.7. The van der Waals surface area contributed by atoms with E-state index in [-0.39, 0.29) is 12.2 Å². The van der Waals surface area contributed by atoms with Crippen LogP contribution in [0.2, 0.25) is 0 Å². The highest BCUT2D eigenvalue weighted by Crippen LogP contribution is 2.32. The molecule has 132 valence electrons. The van der Waals surface area contributed by atoms with Crippen LogP contribution >= 0.6 is 0 Å². The minimum absolute atomic E-state index is 0.0304. The van der Waals surface area contributed by atoms with Crippen LogP contribution in [0.1, 0.15) is 16.7 Å². The molecule has 6 nitrogen and oxygen atoms in total. The highest BCUT2D eigenvalue weighted by atomic mass is 19.4. The van der Waals surface area contributed by atoms with Gasteiger partial charge in [-0.15, -0.1) is 0 Å². The van der Waals surface area contributed by atoms with Crippen molar-refractivity contribution in [2.75, 3.05) is 0 Å². The summed E-state index contributed by atoms with van der Waals surface area (Å²) < 4.78 is 43.1. The van der Waals surface area contributed by atoms with Gasteiger partial charge in [-0.25, -0.2) is 4.79 Å². The van der Waals surface area contributed by atoms with Crippen LogP contribution in [0.25, 0.3) is 0 Å². The van der Waals surface area contributed by atoms with E-state index in [1.54, 1.807) is 30.3 Å². The largest absolute Gasteiger partial charge is 0.445 e. The summed E-state index contributed by atoms with van der Waals surface area (Å²) in [5.74, 6) is 0. The van der Waals surface area contributed by atoms with E-state index in [9.17, 15) is 28.1 Å². The lowest BCUT2D eigenvalue weighted by molar-refractivity contribution is -0.385. The van der Waals surface area contributed by atoms with E-state index in [0.29, 0.717) is 12.1 Å². The average molecular weight is 354 g/mol. The Kier molecular flexibility index (Phi) is 5.58. The number of hydrogen-bond donors (Lipinski definition) is 1. The summed E-state index contributed by atoms with van der Waals surface area (Å²) in [5, 5.41) is 13.1. The second-order valence-corrected chi connectivity index (χ2v) is 5.01. The summed E-state index contributed by atoms with van der Waals surface area (Å²) in [5.41, 5.74) is -1.09. The number of benzene rings is 2. The molecule has 0 aliphatic heterocycles. The maximum absolute atomic E-state index is 12.7. The molecule has 0 aliphatic rings. The summed E-state index contributed by atoms with van der Waals surface area (Å²) in [6, 6.07) is 10.8. The maximum atomic E-state index is 12.7. The molecule has 0 radical (unpaired) electrons. The normalized spacial score (nSPS) is 11.0. The van der Waals surface area contributed by atoms with Crippen LogP contribution < -0.4 is 5.32 Å². The molecular weight excluding hydrogens is 341 g/mol. The summed E-state index contributed by atoms with van der Waals surface area (Å²) in [4.78, 5) is 21.7. The number of amides is 1. The van der Waals surface area contributed by atoms with E-state index in [2.05, 4.69) is 5.32 Å². The van der Waals surface area contributed by atoms with Crippen LogP contribution in [0.15, 0.2) is 48.5 Å². The number of carbonyl (C=O) groups excluding carboxylic acids is 1. The van der Waals surface area contributed by atoms with Crippen LogP contribution in [0.3, 0.4) is 0 Å². The van der Waals surface area contributed by atoms with Crippen LogP contribution in [0.5, 0.6) is 0 Å². The molecule has 9 heteroatoms. The van der Waals surface area contributed by atoms with Crippen molar-refractivity contribution < 1.29 is 27.6 Å². The van der Waals surface area contributed by atoms with Crippen molar-refractivity contribution in [1.29, 1.82) is 0 Å². The number of carbonyl (C=O) groups is 1. The molecule has 2 rings (SSSR count). The molecule has 1 N–H and O–H groups in total. The Hall–Kier alpha value is -3.10. The highest BCUT2D eigenvalue weighted by molar-refractivity contribution is 5.67. The number of rotatable bonds is 5. The van der Waals surface area contributed by atoms with Gasteiger partial charge in [0.1, 0.15) is 6.61 Å². The molecule has 0 fully saturated rings. The Morgan fingerprint density at radius 1 is 1.16 bits per heavy atom. The van der Waals surface area contributed by atoms with Gasteiger partial charge in [0.25, 0.3) is 5.69 Å². The summed E-state index contributed by atoms with van der Waals surface area (Å²) in [6.07, 6.45) is -5.53. The Balaban J connectivity index is 2.03. The first-order chi connectivity index (χ1) is 11.8. The SMILES string of the molecule is O=C(NCc1cc(C(F)(F)F)ccc1[N+](=O)[O-])OCc1ccccc1. The van der Waals surface area contributed by atoms with Gasteiger partial charge in [0, 0.05) is 11.6 Å². The van der Waals surface area contributed by atoms with Gasteiger partial charge >= 0.3 is 12.3 Å². The number of alkyl carbamates (subject to hydrolysis) is 1. The second kappa shape index (κ2) is 7.65. The first kappa shape index (κ1) is 18.2. The predicted octanol–water partition coefficient (Wildman–Crippen LogP) is 4.04.